The number of benzene rings is 1. The topological polar surface area (TPSA) is 67.5 Å². The van der Waals surface area contributed by atoms with Crippen LogP contribution in [-0.2, 0) is 4.79 Å². The molecule has 1 aromatic heterocycles. The average molecular weight is 243 g/mol. The third-order valence-corrected chi connectivity index (χ3v) is 2.19. The predicted octanol–water partition coefficient (Wildman–Crippen LogP) is 2.69. The van der Waals surface area contributed by atoms with E-state index in [9.17, 15) is 4.79 Å². The number of hydrogen-bond donors (Lipinski definition) is 1. The maximum absolute atomic E-state index is 10.9. The number of rotatable bonds is 3. The van der Waals surface area contributed by atoms with Crippen LogP contribution in [0.4, 0.5) is 11.5 Å². The highest BCUT2D eigenvalue weighted by Gasteiger charge is 1.97. The maximum Gasteiger partial charge on any atom is 0.221 e. The fourth-order valence-corrected chi connectivity index (χ4v) is 1.41. The molecule has 0 aliphatic heterocycles. The highest BCUT2D eigenvalue weighted by atomic mass is 16.5. The first kappa shape index (κ1) is 12.0. The molecule has 0 unspecified atom stereocenters. The normalized spacial score (nSPS) is 10.8. The zero-order valence-corrected chi connectivity index (χ0v) is 10.2. The third-order valence-electron chi connectivity index (χ3n) is 2.19. The van der Waals surface area contributed by atoms with Crippen LogP contribution in [0.5, 0.6) is 0 Å². The molecule has 1 amide bonds. The lowest BCUT2D eigenvalue weighted by atomic mass is 10.2. The molecule has 18 heavy (non-hydrogen) atoms. The van der Waals surface area contributed by atoms with Gasteiger partial charge >= 0.3 is 0 Å². The SMILES string of the molecule is CC(=O)Nc1ccc(C=Nc2cc(C)on2)cc1. The maximum atomic E-state index is 10.9. The minimum Gasteiger partial charge on any atom is -0.359 e. The minimum absolute atomic E-state index is 0.0884. The molecule has 0 atom stereocenters. The van der Waals surface area contributed by atoms with Gasteiger partial charge < -0.3 is 9.84 Å². The summed E-state index contributed by atoms with van der Waals surface area (Å²) in [6.45, 7) is 3.29. The Labute approximate surface area is 105 Å². The van der Waals surface area contributed by atoms with Gasteiger partial charge in [0.25, 0.3) is 0 Å². The molecular formula is C13H13N3O2. The van der Waals surface area contributed by atoms with Crippen molar-refractivity contribution in [3.8, 4) is 0 Å². The number of aliphatic imine (C=N–C) groups is 1. The van der Waals surface area contributed by atoms with Crippen LogP contribution >= 0.6 is 0 Å². The van der Waals surface area contributed by atoms with E-state index in [1.165, 1.54) is 6.92 Å². The lowest BCUT2D eigenvalue weighted by Crippen LogP contribution is -2.05. The van der Waals surface area contributed by atoms with Gasteiger partial charge in [0, 0.05) is 24.9 Å². The Balaban J connectivity index is 2.06. The lowest BCUT2D eigenvalue weighted by Gasteiger charge is -2.01. The molecule has 0 saturated carbocycles. The molecule has 0 bridgehead atoms. The smallest absolute Gasteiger partial charge is 0.221 e. The van der Waals surface area contributed by atoms with E-state index in [1.807, 2.05) is 31.2 Å². The molecule has 1 heterocycles. The Morgan fingerprint density at radius 3 is 2.67 bits per heavy atom. The van der Waals surface area contributed by atoms with Crippen LogP contribution in [0.1, 0.15) is 18.2 Å². The van der Waals surface area contributed by atoms with E-state index in [-0.39, 0.29) is 5.91 Å². The van der Waals surface area contributed by atoms with E-state index < -0.39 is 0 Å². The zero-order chi connectivity index (χ0) is 13.0. The second kappa shape index (κ2) is 5.27. The molecule has 2 rings (SSSR count). The van der Waals surface area contributed by atoms with Gasteiger partial charge in [0.1, 0.15) is 5.76 Å². The molecule has 0 aliphatic carbocycles. The van der Waals surface area contributed by atoms with E-state index in [4.69, 9.17) is 4.52 Å². The van der Waals surface area contributed by atoms with Gasteiger partial charge in [-0.25, -0.2) is 4.99 Å². The van der Waals surface area contributed by atoms with Crippen LogP contribution in [0, 0.1) is 6.92 Å². The Bertz CT molecular complexity index is 570. The Kier molecular flexibility index (Phi) is 3.52. The van der Waals surface area contributed by atoms with Gasteiger partial charge in [-0.2, -0.15) is 0 Å². The summed E-state index contributed by atoms with van der Waals surface area (Å²) in [6.07, 6.45) is 1.69. The predicted molar refractivity (Wildman–Crippen MR) is 69.2 cm³/mol. The Morgan fingerprint density at radius 1 is 1.39 bits per heavy atom. The number of amides is 1. The van der Waals surface area contributed by atoms with Gasteiger partial charge in [0.15, 0.2) is 5.82 Å². The highest BCUT2D eigenvalue weighted by Crippen LogP contribution is 2.12. The highest BCUT2D eigenvalue weighted by molar-refractivity contribution is 5.89. The third kappa shape index (κ3) is 3.28. The first-order valence-electron chi connectivity index (χ1n) is 5.48. The van der Waals surface area contributed by atoms with Crippen molar-refractivity contribution < 1.29 is 9.32 Å². The lowest BCUT2D eigenvalue weighted by molar-refractivity contribution is -0.114. The van der Waals surface area contributed by atoms with Crippen LogP contribution < -0.4 is 5.32 Å². The van der Waals surface area contributed by atoms with Crippen molar-refractivity contribution in [3.63, 3.8) is 0 Å². The average Bonchev–Trinajstić information content (AvgIpc) is 2.74. The molecule has 2 aromatic rings. The van der Waals surface area contributed by atoms with E-state index in [1.54, 1.807) is 12.3 Å². The zero-order valence-electron chi connectivity index (χ0n) is 10.2. The number of nitrogens with zero attached hydrogens (tertiary/aromatic N) is 2. The van der Waals surface area contributed by atoms with Crippen LogP contribution in [0.2, 0.25) is 0 Å². The fourth-order valence-electron chi connectivity index (χ4n) is 1.41. The quantitative estimate of drug-likeness (QED) is 0.843. The summed E-state index contributed by atoms with van der Waals surface area (Å²) >= 11 is 0. The van der Waals surface area contributed by atoms with Crippen molar-refractivity contribution in [1.29, 1.82) is 0 Å². The standard InChI is InChI=1S/C13H13N3O2/c1-9-7-13(16-18-9)14-8-11-3-5-12(6-4-11)15-10(2)17/h3-8H,1-2H3,(H,15,17). The Morgan fingerprint density at radius 2 is 2.11 bits per heavy atom. The van der Waals surface area contributed by atoms with Crippen molar-refractivity contribution in [1.82, 2.24) is 5.16 Å². The number of carbonyl (C=O) groups is 1. The second-order valence-electron chi connectivity index (χ2n) is 3.86. The molecule has 0 aliphatic rings. The molecule has 1 N–H and O–H groups in total. The molecule has 0 fully saturated rings. The summed E-state index contributed by atoms with van der Waals surface area (Å²) in [6, 6.07) is 9.11. The van der Waals surface area contributed by atoms with Crippen LogP contribution in [0.15, 0.2) is 39.8 Å². The summed E-state index contributed by atoms with van der Waals surface area (Å²) in [5.74, 6) is 1.18. The number of carbonyl (C=O) groups excluding carboxylic acids is 1. The first-order valence-corrected chi connectivity index (χ1v) is 5.48. The molecule has 0 saturated heterocycles. The largest absolute Gasteiger partial charge is 0.359 e. The number of anilines is 1. The van der Waals surface area contributed by atoms with Gasteiger partial charge in [-0.3, -0.25) is 4.79 Å². The van der Waals surface area contributed by atoms with E-state index in [0.29, 0.717) is 5.82 Å². The van der Waals surface area contributed by atoms with Crippen molar-refractivity contribution in [2.45, 2.75) is 13.8 Å². The van der Waals surface area contributed by atoms with Crippen molar-refractivity contribution in [2.75, 3.05) is 5.32 Å². The summed E-state index contributed by atoms with van der Waals surface area (Å²) in [4.78, 5) is 15.0. The Hall–Kier alpha value is -2.43. The molecule has 0 spiro atoms. The van der Waals surface area contributed by atoms with Gasteiger partial charge in [-0.15, -0.1) is 0 Å². The van der Waals surface area contributed by atoms with Gasteiger partial charge in [-0.05, 0) is 24.6 Å². The van der Waals surface area contributed by atoms with E-state index >= 15 is 0 Å². The molecule has 1 aromatic carbocycles. The number of nitrogens with one attached hydrogen (secondary N) is 1. The van der Waals surface area contributed by atoms with Crippen molar-refractivity contribution in [2.24, 2.45) is 4.99 Å². The van der Waals surface area contributed by atoms with Gasteiger partial charge in [-0.1, -0.05) is 17.3 Å². The van der Waals surface area contributed by atoms with Crippen molar-refractivity contribution in [3.05, 3.63) is 41.7 Å². The van der Waals surface area contributed by atoms with Gasteiger partial charge in [0.05, 0.1) is 0 Å². The second-order valence-corrected chi connectivity index (χ2v) is 3.86. The summed E-state index contributed by atoms with van der Waals surface area (Å²) in [7, 11) is 0. The summed E-state index contributed by atoms with van der Waals surface area (Å²) in [5, 5.41) is 6.46. The molecule has 5 nitrogen and oxygen atoms in total. The van der Waals surface area contributed by atoms with E-state index in [2.05, 4.69) is 15.5 Å². The van der Waals surface area contributed by atoms with Crippen LogP contribution in [-0.4, -0.2) is 17.3 Å². The van der Waals surface area contributed by atoms with Crippen LogP contribution in [0.25, 0.3) is 0 Å². The first-order chi connectivity index (χ1) is 8.63. The molecular weight excluding hydrogens is 230 g/mol. The number of aromatic nitrogens is 1. The number of aryl methyl sites for hydroxylation is 1. The molecule has 92 valence electrons. The molecule has 0 radical (unpaired) electrons. The monoisotopic (exact) mass is 243 g/mol. The summed E-state index contributed by atoms with van der Waals surface area (Å²) in [5.41, 5.74) is 1.68. The van der Waals surface area contributed by atoms with Crippen molar-refractivity contribution >= 4 is 23.6 Å². The minimum atomic E-state index is -0.0884. The van der Waals surface area contributed by atoms with Gasteiger partial charge in [0.2, 0.25) is 5.91 Å². The van der Waals surface area contributed by atoms with E-state index in [0.717, 1.165) is 17.0 Å². The van der Waals surface area contributed by atoms with Crippen LogP contribution in [0.3, 0.4) is 0 Å². The number of hydrogen-bond acceptors (Lipinski definition) is 4. The molecule has 5 heteroatoms. The summed E-state index contributed by atoms with van der Waals surface area (Å²) < 4.78 is 4.90. The fraction of sp³-hybridized carbons (Fsp3) is 0.154.